The number of para-hydroxylation sites is 2. The van der Waals surface area contributed by atoms with Crippen molar-refractivity contribution in [2.45, 2.75) is 10.4 Å². The van der Waals surface area contributed by atoms with E-state index in [0.29, 0.717) is 10.9 Å². The van der Waals surface area contributed by atoms with Gasteiger partial charge in [-0.2, -0.15) is 0 Å². The molecule has 1 aromatic heterocycles. The fourth-order valence-corrected chi connectivity index (χ4v) is 4.32. The van der Waals surface area contributed by atoms with Gasteiger partial charge in [0.05, 0.1) is 26.0 Å². The molecule has 25 heavy (non-hydrogen) atoms. The zero-order valence-electron chi connectivity index (χ0n) is 14.1. The third-order valence-corrected chi connectivity index (χ3v) is 6.00. The standard InChI is InChI=1S/C16H22N4O3S2/c1-22-14-5-3-2-4-13(14)17-15-18-19-16(25-15)24-11-12(21)10-20-6-8-23-9-7-20/h2-5,12,21H,6-11H2,1H3,(H,17,18)/p+1/t12-/m0/s1. The number of methoxy groups -OCH3 is 1. The van der Waals surface area contributed by atoms with Gasteiger partial charge in [0.25, 0.3) is 0 Å². The minimum absolute atomic E-state index is 0.354. The number of hydrogen-bond donors (Lipinski definition) is 3. The van der Waals surface area contributed by atoms with Crippen molar-refractivity contribution < 1.29 is 19.5 Å². The van der Waals surface area contributed by atoms with Crippen molar-refractivity contribution in [3.05, 3.63) is 24.3 Å². The first-order valence-corrected chi connectivity index (χ1v) is 10.0. The van der Waals surface area contributed by atoms with E-state index in [1.54, 1.807) is 7.11 Å². The van der Waals surface area contributed by atoms with Crippen molar-refractivity contribution in [3.63, 3.8) is 0 Å². The number of anilines is 2. The fourth-order valence-electron chi connectivity index (χ4n) is 2.61. The van der Waals surface area contributed by atoms with E-state index >= 15 is 0 Å². The topological polar surface area (TPSA) is 80.9 Å². The van der Waals surface area contributed by atoms with Gasteiger partial charge in [0.2, 0.25) is 5.13 Å². The van der Waals surface area contributed by atoms with Crippen molar-refractivity contribution in [3.8, 4) is 5.75 Å². The molecule has 1 aliphatic heterocycles. The van der Waals surface area contributed by atoms with E-state index in [1.165, 1.54) is 28.0 Å². The maximum atomic E-state index is 10.2. The molecule has 1 saturated heterocycles. The zero-order chi connectivity index (χ0) is 17.5. The van der Waals surface area contributed by atoms with Crippen LogP contribution in [0.3, 0.4) is 0 Å². The first-order chi connectivity index (χ1) is 12.2. The van der Waals surface area contributed by atoms with Crippen LogP contribution in [0.4, 0.5) is 10.8 Å². The quantitative estimate of drug-likeness (QED) is 0.578. The lowest BCUT2D eigenvalue weighted by molar-refractivity contribution is -0.910. The van der Waals surface area contributed by atoms with Gasteiger partial charge in [0.15, 0.2) is 4.34 Å². The Bertz CT molecular complexity index is 664. The highest BCUT2D eigenvalue weighted by atomic mass is 32.2. The van der Waals surface area contributed by atoms with E-state index in [-0.39, 0.29) is 6.10 Å². The molecular formula is C16H23N4O3S2+. The lowest BCUT2D eigenvalue weighted by atomic mass is 10.3. The number of quaternary nitrogens is 1. The Kier molecular flexibility index (Phi) is 6.88. The minimum Gasteiger partial charge on any atom is -0.495 e. The fraction of sp³-hybridized carbons (Fsp3) is 0.500. The Morgan fingerprint density at radius 3 is 2.96 bits per heavy atom. The monoisotopic (exact) mass is 383 g/mol. The number of nitrogens with one attached hydrogen (secondary N) is 2. The van der Waals surface area contributed by atoms with Crippen LogP contribution in [0.25, 0.3) is 0 Å². The molecule has 2 aromatic rings. The van der Waals surface area contributed by atoms with Crippen molar-refractivity contribution in [2.75, 3.05) is 51.0 Å². The second-order valence-corrected chi connectivity index (χ2v) is 7.97. The van der Waals surface area contributed by atoms with Crippen LogP contribution in [0.15, 0.2) is 28.6 Å². The number of ether oxygens (including phenoxy) is 2. The molecule has 0 bridgehead atoms. The summed E-state index contributed by atoms with van der Waals surface area (Å²) in [7, 11) is 1.64. The van der Waals surface area contributed by atoms with Crippen LogP contribution in [-0.4, -0.2) is 67.1 Å². The predicted octanol–water partition coefficient (Wildman–Crippen LogP) is 0.658. The molecule has 1 aliphatic rings. The van der Waals surface area contributed by atoms with Gasteiger partial charge in [-0.05, 0) is 12.1 Å². The van der Waals surface area contributed by atoms with Gasteiger partial charge in [-0.3, -0.25) is 0 Å². The predicted molar refractivity (Wildman–Crippen MR) is 99.3 cm³/mol. The minimum atomic E-state index is -0.354. The van der Waals surface area contributed by atoms with E-state index in [9.17, 15) is 5.11 Å². The number of thioether (sulfide) groups is 1. The smallest absolute Gasteiger partial charge is 0.210 e. The van der Waals surface area contributed by atoms with E-state index in [2.05, 4.69) is 15.5 Å². The number of aliphatic hydroxyl groups excluding tert-OH is 1. The Balaban J connectivity index is 1.48. The lowest BCUT2D eigenvalue weighted by Gasteiger charge is -2.25. The SMILES string of the molecule is COc1ccccc1Nc1nnc(SC[C@@H](O)C[NH+]2CCOCC2)s1. The van der Waals surface area contributed by atoms with Crippen molar-refractivity contribution in [2.24, 2.45) is 0 Å². The second kappa shape index (κ2) is 9.35. The molecule has 0 spiro atoms. The average molecular weight is 384 g/mol. The van der Waals surface area contributed by atoms with Crippen LogP contribution in [0.5, 0.6) is 5.75 Å². The molecule has 9 heteroatoms. The molecule has 7 nitrogen and oxygen atoms in total. The van der Waals surface area contributed by atoms with Gasteiger partial charge in [0, 0.05) is 5.75 Å². The summed E-state index contributed by atoms with van der Waals surface area (Å²) in [6, 6.07) is 7.68. The molecule has 136 valence electrons. The Morgan fingerprint density at radius 1 is 1.36 bits per heavy atom. The van der Waals surface area contributed by atoms with Crippen molar-refractivity contribution in [1.29, 1.82) is 0 Å². The Hall–Kier alpha value is -1.39. The molecule has 0 radical (unpaired) electrons. The number of morpholine rings is 1. The van der Waals surface area contributed by atoms with Crippen LogP contribution in [0.1, 0.15) is 0 Å². The number of hydrogen-bond acceptors (Lipinski definition) is 8. The zero-order valence-corrected chi connectivity index (χ0v) is 15.7. The summed E-state index contributed by atoms with van der Waals surface area (Å²) in [6.45, 7) is 4.25. The van der Waals surface area contributed by atoms with Crippen LogP contribution < -0.4 is 15.0 Å². The molecule has 0 saturated carbocycles. The summed E-state index contributed by atoms with van der Waals surface area (Å²) >= 11 is 3.01. The van der Waals surface area contributed by atoms with Crippen molar-refractivity contribution in [1.82, 2.24) is 10.2 Å². The summed E-state index contributed by atoms with van der Waals surface area (Å²) in [6.07, 6.45) is -0.354. The number of rotatable bonds is 8. The highest BCUT2D eigenvalue weighted by molar-refractivity contribution is 8.01. The molecule has 1 atom stereocenters. The van der Waals surface area contributed by atoms with Crippen LogP contribution in [0.2, 0.25) is 0 Å². The highest BCUT2D eigenvalue weighted by Gasteiger charge is 2.19. The maximum Gasteiger partial charge on any atom is 0.210 e. The van der Waals surface area contributed by atoms with Crippen LogP contribution >= 0.6 is 23.1 Å². The van der Waals surface area contributed by atoms with Crippen molar-refractivity contribution >= 4 is 33.9 Å². The van der Waals surface area contributed by atoms with Gasteiger partial charge < -0.3 is 24.8 Å². The van der Waals surface area contributed by atoms with E-state index in [1.807, 2.05) is 24.3 Å². The number of aliphatic hydroxyl groups is 1. The van der Waals surface area contributed by atoms with Crippen LogP contribution in [-0.2, 0) is 4.74 Å². The van der Waals surface area contributed by atoms with Gasteiger partial charge in [0.1, 0.15) is 31.5 Å². The van der Waals surface area contributed by atoms with Crippen LogP contribution in [0, 0.1) is 0 Å². The molecule has 2 heterocycles. The van der Waals surface area contributed by atoms with E-state index in [0.717, 1.165) is 48.6 Å². The Morgan fingerprint density at radius 2 is 2.16 bits per heavy atom. The van der Waals surface area contributed by atoms with Gasteiger partial charge in [-0.1, -0.05) is 35.2 Å². The summed E-state index contributed by atoms with van der Waals surface area (Å²) in [5.74, 6) is 1.38. The van der Waals surface area contributed by atoms with Gasteiger partial charge >= 0.3 is 0 Å². The Labute approximate surface area is 155 Å². The molecule has 0 aliphatic carbocycles. The highest BCUT2D eigenvalue weighted by Crippen LogP contribution is 2.31. The van der Waals surface area contributed by atoms with E-state index in [4.69, 9.17) is 9.47 Å². The normalized spacial score (nSPS) is 16.6. The molecule has 3 N–H and O–H groups in total. The molecule has 3 rings (SSSR count). The molecule has 0 unspecified atom stereocenters. The molecule has 0 amide bonds. The van der Waals surface area contributed by atoms with Gasteiger partial charge in [-0.25, -0.2) is 0 Å². The average Bonchev–Trinajstić information content (AvgIpc) is 3.09. The molecular weight excluding hydrogens is 360 g/mol. The second-order valence-electron chi connectivity index (χ2n) is 5.73. The van der Waals surface area contributed by atoms with E-state index < -0.39 is 0 Å². The number of aromatic nitrogens is 2. The number of benzene rings is 1. The first-order valence-electron chi connectivity index (χ1n) is 8.20. The molecule has 1 aromatic carbocycles. The molecule has 1 fully saturated rings. The van der Waals surface area contributed by atoms with Gasteiger partial charge in [-0.15, -0.1) is 10.2 Å². The third kappa shape index (κ3) is 5.55. The summed E-state index contributed by atoms with van der Waals surface area (Å²) < 4.78 is 11.5. The summed E-state index contributed by atoms with van der Waals surface area (Å²) in [5, 5.41) is 22.5. The lowest BCUT2D eigenvalue weighted by Crippen LogP contribution is -3.15. The third-order valence-electron chi connectivity index (χ3n) is 3.88. The number of nitrogens with zero attached hydrogens (tertiary/aromatic N) is 2. The largest absolute Gasteiger partial charge is 0.495 e. The first kappa shape index (κ1) is 18.4. The summed E-state index contributed by atoms with van der Waals surface area (Å²) in [5.41, 5.74) is 0.855. The maximum absolute atomic E-state index is 10.2. The summed E-state index contributed by atoms with van der Waals surface area (Å²) in [4.78, 5) is 1.40.